The fourth-order valence-electron chi connectivity index (χ4n) is 4.49. The molecule has 0 bridgehead atoms. The lowest BCUT2D eigenvalue weighted by Crippen LogP contribution is -2.04. The second kappa shape index (κ2) is 12.0. The van der Waals surface area contributed by atoms with Crippen LogP contribution < -0.4 is 5.32 Å². The molecule has 0 fully saturated rings. The van der Waals surface area contributed by atoms with Gasteiger partial charge in [0.05, 0.1) is 5.69 Å². The summed E-state index contributed by atoms with van der Waals surface area (Å²) in [5, 5.41) is 3.70. The molecule has 0 saturated heterocycles. The van der Waals surface area contributed by atoms with E-state index in [1.54, 1.807) is 0 Å². The second-order valence-electron chi connectivity index (χ2n) is 10.6. The van der Waals surface area contributed by atoms with Crippen molar-refractivity contribution >= 4 is 23.2 Å². The van der Waals surface area contributed by atoms with Gasteiger partial charge in [-0.15, -0.1) is 0 Å². The van der Waals surface area contributed by atoms with Crippen molar-refractivity contribution in [2.24, 2.45) is 4.99 Å². The van der Waals surface area contributed by atoms with Gasteiger partial charge in [0.15, 0.2) is 0 Å². The summed E-state index contributed by atoms with van der Waals surface area (Å²) < 4.78 is 0. The van der Waals surface area contributed by atoms with E-state index in [1.165, 1.54) is 27.9 Å². The summed E-state index contributed by atoms with van der Waals surface area (Å²) in [5.74, 6) is 1.69. The van der Waals surface area contributed by atoms with Crippen LogP contribution in [0.3, 0.4) is 0 Å². The normalized spacial score (nSPS) is 12.5. The van der Waals surface area contributed by atoms with Crippen LogP contribution in [0, 0.1) is 0 Å². The number of nitrogens with zero attached hydrogens (tertiary/aromatic N) is 1. The van der Waals surface area contributed by atoms with E-state index >= 15 is 0 Å². The molecule has 2 heteroatoms. The molecular formula is C33H42N2. The number of para-hydroxylation sites is 2. The third-order valence-corrected chi connectivity index (χ3v) is 6.53. The summed E-state index contributed by atoms with van der Waals surface area (Å²) in [4.78, 5) is 5.12. The Kier molecular flexibility index (Phi) is 9.09. The lowest BCUT2D eigenvalue weighted by Gasteiger charge is -2.20. The predicted molar refractivity (Wildman–Crippen MR) is 155 cm³/mol. The molecule has 0 atom stereocenters. The highest BCUT2D eigenvalue weighted by Gasteiger charge is 2.15. The summed E-state index contributed by atoms with van der Waals surface area (Å²) in [6.45, 7) is 18.0. The second-order valence-corrected chi connectivity index (χ2v) is 10.6. The van der Waals surface area contributed by atoms with Crippen molar-refractivity contribution in [3.63, 3.8) is 0 Å². The number of aliphatic imine (C=N–C) groups is 1. The number of hydrogen-bond acceptors (Lipinski definition) is 2. The van der Waals surface area contributed by atoms with Crippen molar-refractivity contribution in [3.8, 4) is 0 Å². The van der Waals surface area contributed by atoms with Crippen LogP contribution >= 0.6 is 0 Å². The number of benzene rings is 3. The minimum absolute atomic E-state index is 0.412. The molecular weight excluding hydrogens is 424 g/mol. The molecule has 2 nitrogen and oxygen atoms in total. The van der Waals surface area contributed by atoms with E-state index in [2.05, 4.69) is 134 Å². The minimum Gasteiger partial charge on any atom is -0.361 e. The standard InChI is InChI=1S/C33H42N2/c1-22(2)28-16-12-17-29(23(3)4)32(28)34-20-27(26-14-10-9-11-15-26)21-35-33-30(24(5)6)18-13-19-31(33)25(7)8/h9-25,34H,1-8H3/b27-20-,35-21?. The molecule has 1 N–H and O–H groups in total. The summed E-state index contributed by atoms with van der Waals surface area (Å²) in [6, 6.07) is 23.7. The Morgan fingerprint density at radius 3 is 1.51 bits per heavy atom. The van der Waals surface area contributed by atoms with Crippen LogP contribution in [0.1, 0.15) is 107 Å². The summed E-state index contributed by atoms with van der Waals surface area (Å²) in [6.07, 6.45) is 4.15. The zero-order chi connectivity index (χ0) is 25.5. The third kappa shape index (κ3) is 6.51. The molecule has 0 spiro atoms. The quantitative estimate of drug-likeness (QED) is 0.312. The molecule has 0 aliphatic heterocycles. The van der Waals surface area contributed by atoms with E-state index < -0.39 is 0 Å². The molecule has 3 aromatic carbocycles. The molecule has 0 heterocycles. The van der Waals surface area contributed by atoms with Gasteiger partial charge in [-0.1, -0.05) is 122 Å². The Labute approximate surface area is 213 Å². The highest BCUT2D eigenvalue weighted by molar-refractivity contribution is 6.11. The average molecular weight is 467 g/mol. The molecule has 184 valence electrons. The van der Waals surface area contributed by atoms with Gasteiger partial charge < -0.3 is 5.32 Å². The fourth-order valence-corrected chi connectivity index (χ4v) is 4.49. The first-order valence-electron chi connectivity index (χ1n) is 13.0. The van der Waals surface area contributed by atoms with Crippen LogP contribution in [0.15, 0.2) is 77.9 Å². The van der Waals surface area contributed by atoms with E-state index in [9.17, 15) is 0 Å². The van der Waals surface area contributed by atoms with Crippen molar-refractivity contribution in [1.82, 2.24) is 0 Å². The van der Waals surface area contributed by atoms with Crippen molar-refractivity contribution in [2.45, 2.75) is 79.1 Å². The average Bonchev–Trinajstić information content (AvgIpc) is 2.83. The fraction of sp³-hybridized carbons (Fsp3) is 0.364. The largest absolute Gasteiger partial charge is 0.361 e. The molecule has 35 heavy (non-hydrogen) atoms. The SMILES string of the molecule is CC(C)c1cccc(C(C)C)c1N=C/C(=C/Nc1c(C(C)C)cccc1C(C)C)c1ccccc1. The Balaban J connectivity index is 2.12. The molecule has 0 aliphatic carbocycles. The van der Waals surface area contributed by atoms with Crippen LogP contribution in [0.25, 0.3) is 5.57 Å². The molecule has 0 radical (unpaired) electrons. The van der Waals surface area contributed by atoms with Crippen LogP contribution in [-0.2, 0) is 0 Å². The van der Waals surface area contributed by atoms with Gasteiger partial charge >= 0.3 is 0 Å². The van der Waals surface area contributed by atoms with Crippen molar-refractivity contribution in [1.29, 1.82) is 0 Å². The van der Waals surface area contributed by atoms with E-state index in [4.69, 9.17) is 4.99 Å². The van der Waals surface area contributed by atoms with Gasteiger partial charge in [-0.3, -0.25) is 4.99 Å². The third-order valence-electron chi connectivity index (χ3n) is 6.53. The molecule has 3 rings (SSSR count). The Morgan fingerprint density at radius 2 is 1.06 bits per heavy atom. The van der Waals surface area contributed by atoms with Crippen LogP contribution in [0.2, 0.25) is 0 Å². The Bertz CT molecular complexity index is 1110. The maximum absolute atomic E-state index is 5.12. The molecule has 3 aromatic rings. The summed E-state index contributed by atoms with van der Waals surface area (Å²) in [7, 11) is 0. The van der Waals surface area contributed by atoms with Crippen molar-refractivity contribution < 1.29 is 0 Å². The van der Waals surface area contributed by atoms with E-state index in [0.29, 0.717) is 23.7 Å². The van der Waals surface area contributed by atoms with Gasteiger partial charge in [-0.2, -0.15) is 0 Å². The molecule has 0 aromatic heterocycles. The topological polar surface area (TPSA) is 24.4 Å². The van der Waals surface area contributed by atoms with Crippen LogP contribution in [-0.4, -0.2) is 6.21 Å². The lowest BCUT2D eigenvalue weighted by molar-refractivity contribution is 0.835. The van der Waals surface area contributed by atoms with Crippen molar-refractivity contribution in [2.75, 3.05) is 5.32 Å². The van der Waals surface area contributed by atoms with E-state index in [-0.39, 0.29) is 0 Å². The minimum atomic E-state index is 0.412. The maximum atomic E-state index is 5.12. The molecule has 0 amide bonds. The van der Waals surface area contributed by atoms with Crippen LogP contribution in [0.4, 0.5) is 11.4 Å². The van der Waals surface area contributed by atoms with Gasteiger partial charge in [-0.25, -0.2) is 0 Å². The van der Waals surface area contributed by atoms with Gasteiger partial charge in [0, 0.05) is 23.7 Å². The molecule has 0 unspecified atom stereocenters. The lowest BCUT2D eigenvalue weighted by atomic mass is 9.92. The predicted octanol–water partition coefficient (Wildman–Crippen LogP) is 10.0. The van der Waals surface area contributed by atoms with E-state index in [1.807, 2.05) is 6.21 Å². The van der Waals surface area contributed by atoms with Crippen LogP contribution in [0.5, 0.6) is 0 Å². The van der Waals surface area contributed by atoms with Crippen molar-refractivity contribution in [3.05, 3.63) is 101 Å². The zero-order valence-corrected chi connectivity index (χ0v) is 22.8. The van der Waals surface area contributed by atoms with Gasteiger partial charge in [-0.05, 0) is 51.5 Å². The number of hydrogen-bond donors (Lipinski definition) is 1. The summed E-state index contributed by atoms with van der Waals surface area (Å²) in [5.41, 5.74) is 9.78. The number of allylic oxidation sites excluding steroid dienone is 1. The maximum Gasteiger partial charge on any atom is 0.0699 e. The van der Waals surface area contributed by atoms with Gasteiger partial charge in [0.2, 0.25) is 0 Å². The van der Waals surface area contributed by atoms with E-state index in [0.717, 1.165) is 16.8 Å². The summed E-state index contributed by atoms with van der Waals surface area (Å²) >= 11 is 0. The monoisotopic (exact) mass is 466 g/mol. The molecule has 0 saturated carbocycles. The van der Waals surface area contributed by atoms with Gasteiger partial charge in [0.25, 0.3) is 0 Å². The highest BCUT2D eigenvalue weighted by Crippen LogP contribution is 2.35. The first kappa shape index (κ1) is 26.5. The first-order valence-corrected chi connectivity index (χ1v) is 13.0. The number of rotatable bonds is 9. The number of nitrogens with one attached hydrogen (secondary N) is 1. The Morgan fingerprint density at radius 1 is 0.600 bits per heavy atom. The highest BCUT2D eigenvalue weighted by atomic mass is 14.9. The number of anilines is 1. The zero-order valence-electron chi connectivity index (χ0n) is 22.8. The van der Waals surface area contributed by atoms with Gasteiger partial charge in [0.1, 0.15) is 0 Å². The first-order chi connectivity index (χ1) is 16.7. The molecule has 0 aliphatic rings. The Hall–Kier alpha value is -3.13. The smallest absolute Gasteiger partial charge is 0.0699 e.